The lowest BCUT2D eigenvalue weighted by Gasteiger charge is -2.30. The minimum absolute atomic E-state index is 0.0585. The molecule has 0 aliphatic carbocycles. The zero-order valence-electron chi connectivity index (χ0n) is 13.6. The van der Waals surface area contributed by atoms with Crippen LogP contribution in [0, 0.1) is 5.92 Å². The standard InChI is InChI=1S/C18H20N4OS/c1-12-3-2-7-22(10-12)18(23)19-17-15-5-4-13(9-16(15)20-21-17)14-6-8-24-11-14/h4-6,8-9,11-12H,2-3,7,10H2,1H3,(H2,19,20,21,23). The summed E-state index contributed by atoms with van der Waals surface area (Å²) in [4.78, 5) is 14.4. The van der Waals surface area contributed by atoms with Crippen molar-refractivity contribution in [3.05, 3.63) is 35.0 Å². The van der Waals surface area contributed by atoms with Gasteiger partial charge in [-0.2, -0.15) is 16.4 Å². The molecule has 0 saturated carbocycles. The van der Waals surface area contributed by atoms with E-state index in [1.807, 2.05) is 11.0 Å². The van der Waals surface area contributed by atoms with Crippen LogP contribution in [0.1, 0.15) is 19.8 Å². The summed E-state index contributed by atoms with van der Waals surface area (Å²) < 4.78 is 0. The number of benzene rings is 1. The van der Waals surface area contributed by atoms with Gasteiger partial charge in [0.15, 0.2) is 5.82 Å². The fourth-order valence-electron chi connectivity index (χ4n) is 3.28. The van der Waals surface area contributed by atoms with Gasteiger partial charge in [-0.05, 0) is 58.8 Å². The first-order valence-corrected chi connectivity index (χ1v) is 9.21. The minimum Gasteiger partial charge on any atom is -0.324 e. The highest BCUT2D eigenvalue weighted by Crippen LogP contribution is 2.28. The van der Waals surface area contributed by atoms with Crippen LogP contribution in [0.4, 0.5) is 10.6 Å². The predicted molar refractivity (Wildman–Crippen MR) is 98.4 cm³/mol. The molecule has 1 atom stereocenters. The maximum absolute atomic E-state index is 12.5. The van der Waals surface area contributed by atoms with Crippen molar-refractivity contribution < 1.29 is 4.79 Å². The number of carbonyl (C=O) groups is 1. The molecule has 1 aromatic carbocycles. The molecule has 3 heterocycles. The van der Waals surface area contributed by atoms with Crippen LogP contribution in [0.2, 0.25) is 0 Å². The molecular formula is C18H20N4OS. The monoisotopic (exact) mass is 340 g/mol. The number of urea groups is 1. The van der Waals surface area contributed by atoms with Gasteiger partial charge >= 0.3 is 6.03 Å². The van der Waals surface area contributed by atoms with Gasteiger partial charge in [0, 0.05) is 18.5 Å². The molecule has 6 heteroatoms. The van der Waals surface area contributed by atoms with Crippen molar-refractivity contribution in [2.24, 2.45) is 5.92 Å². The smallest absolute Gasteiger partial charge is 0.323 e. The third-order valence-electron chi connectivity index (χ3n) is 4.59. The largest absolute Gasteiger partial charge is 0.324 e. The summed E-state index contributed by atoms with van der Waals surface area (Å²) in [5, 5.41) is 15.4. The van der Waals surface area contributed by atoms with Gasteiger partial charge in [0.1, 0.15) is 0 Å². The van der Waals surface area contributed by atoms with Gasteiger partial charge < -0.3 is 4.90 Å². The fraction of sp³-hybridized carbons (Fsp3) is 0.333. The van der Waals surface area contributed by atoms with Crippen LogP contribution in [-0.2, 0) is 0 Å². The van der Waals surface area contributed by atoms with Gasteiger partial charge in [-0.15, -0.1) is 0 Å². The number of hydrogen-bond donors (Lipinski definition) is 2. The number of piperidine rings is 1. The number of aromatic amines is 1. The Morgan fingerprint density at radius 1 is 1.38 bits per heavy atom. The number of fused-ring (bicyclic) bond motifs is 1. The van der Waals surface area contributed by atoms with Crippen LogP contribution in [0.5, 0.6) is 0 Å². The molecule has 2 aromatic heterocycles. The zero-order valence-corrected chi connectivity index (χ0v) is 14.4. The number of likely N-dealkylation sites (tertiary alicyclic amines) is 1. The van der Waals surface area contributed by atoms with Gasteiger partial charge in [0.25, 0.3) is 0 Å². The Labute approximate surface area is 144 Å². The Morgan fingerprint density at radius 3 is 3.08 bits per heavy atom. The Morgan fingerprint density at radius 2 is 2.29 bits per heavy atom. The van der Waals surface area contributed by atoms with Gasteiger partial charge in [-0.1, -0.05) is 13.0 Å². The average molecular weight is 340 g/mol. The van der Waals surface area contributed by atoms with E-state index in [0.717, 1.165) is 36.0 Å². The summed E-state index contributed by atoms with van der Waals surface area (Å²) in [6.45, 7) is 3.83. The number of rotatable bonds is 2. The molecule has 2 N–H and O–H groups in total. The first-order chi connectivity index (χ1) is 11.7. The lowest BCUT2D eigenvalue weighted by Crippen LogP contribution is -2.41. The quantitative estimate of drug-likeness (QED) is 0.718. The molecule has 0 spiro atoms. The summed E-state index contributed by atoms with van der Waals surface area (Å²) in [6, 6.07) is 8.20. The minimum atomic E-state index is -0.0585. The van der Waals surface area contributed by atoms with Crippen LogP contribution in [0.3, 0.4) is 0 Å². The third-order valence-corrected chi connectivity index (χ3v) is 5.27. The lowest BCUT2D eigenvalue weighted by molar-refractivity contribution is 0.182. The number of carbonyl (C=O) groups excluding carboxylic acids is 1. The summed E-state index contributed by atoms with van der Waals surface area (Å²) in [5.41, 5.74) is 3.28. The van der Waals surface area contributed by atoms with E-state index in [1.54, 1.807) is 11.3 Å². The highest BCUT2D eigenvalue weighted by molar-refractivity contribution is 7.08. The fourth-order valence-corrected chi connectivity index (χ4v) is 3.94. The van der Waals surface area contributed by atoms with E-state index in [4.69, 9.17) is 0 Å². The van der Waals surface area contributed by atoms with Crippen LogP contribution in [-0.4, -0.2) is 34.2 Å². The molecule has 0 bridgehead atoms. The lowest BCUT2D eigenvalue weighted by atomic mass is 10.0. The number of H-pyrrole nitrogens is 1. The van der Waals surface area contributed by atoms with Crippen molar-refractivity contribution in [2.75, 3.05) is 18.4 Å². The van der Waals surface area contributed by atoms with Gasteiger partial charge in [0.2, 0.25) is 0 Å². The molecule has 1 aliphatic rings. The molecule has 3 aromatic rings. The molecule has 2 amide bonds. The van der Waals surface area contributed by atoms with Crippen LogP contribution in [0.25, 0.3) is 22.0 Å². The molecule has 4 rings (SSSR count). The number of nitrogens with zero attached hydrogens (tertiary/aromatic N) is 2. The SMILES string of the molecule is CC1CCCN(C(=O)Nc2n[nH]c3cc(-c4ccsc4)ccc23)C1. The van der Waals surface area contributed by atoms with Crippen LogP contribution >= 0.6 is 11.3 Å². The molecule has 1 fully saturated rings. The summed E-state index contributed by atoms with van der Waals surface area (Å²) in [7, 11) is 0. The normalized spacial score (nSPS) is 18.0. The highest BCUT2D eigenvalue weighted by atomic mass is 32.1. The number of aromatic nitrogens is 2. The molecule has 1 unspecified atom stereocenters. The number of thiophene rings is 1. The average Bonchev–Trinajstić information content (AvgIpc) is 3.24. The van der Waals surface area contributed by atoms with E-state index in [2.05, 4.69) is 51.4 Å². The van der Waals surface area contributed by atoms with Crippen molar-refractivity contribution in [3.63, 3.8) is 0 Å². The van der Waals surface area contributed by atoms with E-state index < -0.39 is 0 Å². The van der Waals surface area contributed by atoms with Crippen molar-refractivity contribution in [1.82, 2.24) is 15.1 Å². The summed E-state index contributed by atoms with van der Waals surface area (Å²) >= 11 is 1.68. The van der Waals surface area contributed by atoms with Crippen molar-refractivity contribution >= 4 is 34.1 Å². The summed E-state index contributed by atoms with van der Waals surface area (Å²) in [5.74, 6) is 1.17. The number of amides is 2. The number of anilines is 1. The Bertz CT molecular complexity index is 855. The van der Waals surface area contributed by atoms with Crippen molar-refractivity contribution in [1.29, 1.82) is 0 Å². The Balaban J connectivity index is 1.55. The topological polar surface area (TPSA) is 61.0 Å². The molecular weight excluding hydrogens is 320 g/mol. The first kappa shape index (κ1) is 15.2. The second-order valence-electron chi connectivity index (χ2n) is 6.47. The van der Waals surface area contributed by atoms with Gasteiger partial charge in [0.05, 0.1) is 5.52 Å². The van der Waals surface area contributed by atoms with E-state index in [9.17, 15) is 4.79 Å². The second-order valence-corrected chi connectivity index (χ2v) is 7.25. The second kappa shape index (κ2) is 6.28. The van der Waals surface area contributed by atoms with Crippen LogP contribution in [0.15, 0.2) is 35.0 Å². The molecule has 5 nitrogen and oxygen atoms in total. The van der Waals surface area contributed by atoms with Gasteiger partial charge in [-0.3, -0.25) is 10.4 Å². The third kappa shape index (κ3) is 2.89. The first-order valence-electron chi connectivity index (χ1n) is 8.27. The van der Waals surface area contributed by atoms with E-state index >= 15 is 0 Å². The van der Waals surface area contributed by atoms with E-state index in [0.29, 0.717) is 11.7 Å². The van der Waals surface area contributed by atoms with Crippen LogP contribution < -0.4 is 5.32 Å². The molecule has 124 valence electrons. The number of hydrogen-bond acceptors (Lipinski definition) is 3. The molecule has 1 saturated heterocycles. The molecule has 0 radical (unpaired) electrons. The maximum atomic E-state index is 12.5. The summed E-state index contributed by atoms with van der Waals surface area (Å²) in [6.07, 6.45) is 2.26. The maximum Gasteiger partial charge on any atom is 0.323 e. The highest BCUT2D eigenvalue weighted by Gasteiger charge is 2.22. The van der Waals surface area contributed by atoms with E-state index in [1.165, 1.54) is 12.0 Å². The Hall–Kier alpha value is -2.34. The number of nitrogens with one attached hydrogen (secondary N) is 2. The predicted octanol–water partition coefficient (Wildman–Crippen LogP) is 4.56. The Kier molecular flexibility index (Phi) is 3.98. The van der Waals surface area contributed by atoms with E-state index in [-0.39, 0.29) is 6.03 Å². The van der Waals surface area contributed by atoms with Gasteiger partial charge in [-0.25, -0.2) is 4.79 Å². The molecule has 24 heavy (non-hydrogen) atoms. The molecule has 1 aliphatic heterocycles. The zero-order chi connectivity index (χ0) is 16.5. The van der Waals surface area contributed by atoms with Crippen molar-refractivity contribution in [3.8, 4) is 11.1 Å². The van der Waals surface area contributed by atoms with Crippen molar-refractivity contribution in [2.45, 2.75) is 19.8 Å².